The van der Waals surface area contributed by atoms with Crippen molar-refractivity contribution >= 4 is 0 Å². The first-order chi connectivity index (χ1) is 7.63. The fourth-order valence-corrected chi connectivity index (χ4v) is 2.05. The van der Waals surface area contributed by atoms with E-state index < -0.39 is 0 Å². The molecule has 1 aliphatic rings. The average molecular weight is 222 g/mol. The Bertz CT molecular complexity index is 343. The van der Waals surface area contributed by atoms with Gasteiger partial charge in [0, 0.05) is 18.9 Å². The molecule has 1 aromatic heterocycles. The number of hydrogen-bond donors (Lipinski definition) is 1. The first-order valence-electron chi connectivity index (χ1n) is 6.29. The van der Waals surface area contributed by atoms with Gasteiger partial charge in [-0.2, -0.15) is 0 Å². The first-order valence-corrected chi connectivity index (χ1v) is 6.29. The van der Waals surface area contributed by atoms with Gasteiger partial charge in [0.05, 0.1) is 6.20 Å². The van der Waals surface area contributed by atoms with Crippen LogP contribution in [0.3, 0.4) is 0 Å². The number of oxazole rings is 1. The first kappa shape index (κ1) is 11.6. The molecule has 90 valence electrons. The second-order valence-corrected chi connectivity index (χ2v) is 5.40. The van der Waals surface area contributed by atoms with Crippen LogP contribution in [0.4, 0.5) is 0 Å². The Morgan fingerprint density at radius 2 is 2.25 bits per heavy atom. The largest absolute Gasteiger partial charge is 0.445 e. The highest BCUT2D eigenvalue weighted by atomic mass is 16.4. The smallest absolute Gasteiger partial charge is 0.195 e. The molecule has 1 atom stereocenters. The van der Waals surface area contributed by atoms with E-state index in [4.69, 9.17) is 4.42 Å². The highest BCUT2D eigenvalue weighted by Gasteiger charge is 2.48. The summed E-state index contributed by atoms with van der Waals surface area (Å²) in [5, 5.41) is 3.35. The molecule has 1 unspecified atom stereocenters. The van der Waals surface area contributed by atoms with Gasteiger partial charge >= 0.3 is 0 Å². The zero-order valence-electron chi connectivity index (χ0n) is 10.5. The fraction of sp³-hybridized carbons (Fsp3) is 0.769. The van der Waals surface area contributed by atoms with Crippen molar-refractivity contribution in [3.63, 3.8) is 0 Å². The maximum Gasteiger partial charge on any atom is 0.195 e. The number of nitrogens with one attached hydrogen (secondary N) is 1. The molecule has 3 heteroatoms. The van der Waals surface area contributed by atoms with Crippen LogP contribution in [0.5, 0.6) is 0 Å². The molecule has 1 aromatic rings. The van der Waals surface area contributed by atoms with Crippen LogP contribution in [0.2, 0.25) is 0 Å². The van der Waals surface area contributed by atoms with Crippen LogP contribution in [-0.4, -0.2) is 18.1 Å². The third-order valence-electron chi connectivity index (χ3n) is 3.37. The third-order valence-corrected chi connectivity index (χ3v) is 3.37. The Morgan fingerprint density at radius 1 is 1.50 bits per heavy atom. The number of aromatic nitrogens is 1. The van der Waals surface area contributed by atoms with Crippen LogP contribution < -0.4 is 5.32 Å². The summed E-state index contributed by atoms with van der Waals surface area (Å²) in [4.78, 5) is 4.33. The highest BCUT2D eigenvalue weighted by molar-refractivity contribution is 5.17. The molecule has 0 spiro atoms. The molecule has 1 saturated carbocycles. The van der Waals surface area contributed by atoms with Crippen LogP contribution >= 0.6 is 0 Å². The maximum absolute atomic E-state index is 5.77. The molecule has 1 aliphatic carbocycles. The number of rotatable bonds is 6. The molecule has 0 radical (unpaired) electrons. The third kappa shape index (κ3) is 2.64. The van der Waals surface area contributed by atoms with Gasteiger partial charge in [0.2, 0.25) is 0 Å². The van der Waals surface area contributed by atoms with Crippen molar-refractivity contribution in [2.24, 2.45) is 5.41 Å². The standard InChI is InChI=1S/C13H22N2O/c1-4-6-14-7-5-12-15-9-11(16-12)10-8-13(10,2)3/h9-10,14H,4-8H2,1-3H3. The van der Waals surface area contributed by atoms with Crippen LogP contribution in [0, 0.1) is 5.41 Å². The van der Waals surface area contributed by atoms with E-state index in [0.29, 0.717) is 11.3 Å². The zero-order chi connectivity index (χ0) is 11.6. The van der Waals surface area contributed by atoms with Gasteiger partial charge < -0.3 is 9.73 Å². The van der Waals surface area contributed by atoms with Crippen LogP contribution in [0.15, 0.2) is 10.6 Å². The number of hydrogen-bond acceptors (Lipinski definition) is 3. The van der Waals surface area contributed by atoms with Crippen molar-refractivity contribution in [1.82, 2.24) is 10.3 Å². The lowest BCUT2D eigenvalue weighted by molar-refractivity contribution is 0.434. The average Bonchev–Trinajstić information content (AvgIpc) is 2.70. The lowest BCUT2D eigenvalue weighted by Gasteiger charge is -2.00. The molecule has 3 nitrogen and oxygen atoms in total. The van der Waals surface area contributed by atoms with Crippen molar-refractivity contribution in [2.45, 2.75) is 46.0 Å². The molecule has 2 rings (SSSR count). The summed E-state index contributed by atoms with van der Waals surface area (Å²) >= 11 is 0. The molecule has 16 heavy (non-hydrogen) atoms. The summed E-state index contributed by atoms with van der Waals surface area (Å²) in [6.45, 7) is 8.77. The SMILES string of the molecule is CCCNCCc1ncc(C2CC2(C)C)o1. The van der Waals surface area contributed by atoms with Gasteiger partial charge in [0.25, 0.3) is 0 Å². The van der Waals surface area contributed by atoms with Gasteiger partial charge in [-0.1, -0.05) is 20.8 Å². The highest BCUT2D eigenvalue weighted by Crippen LogP contribution is 2.58. The van der Waals surface area contributed by atoms with E-state index in [9.17, 15) is 0 Å². The number of nitrogens with zero attached hydrogens (tertiary/aromatic N) is 1. The molecule has 0 amide bonds. The molecule has 1 heterocycles. The Balaban J connectivity index is 1.79. The van der Waals surface area contributed by atoms with E-state index in [1.165, 1.54) is 12.8 Å². The second kappa shape index (κ2) is 4.58. The summed E-state index contributed by atoms with van der Waals surface area (Å²) in [5.41, 5.74) is 0.428. The van der Waals surface area contributed by atoms with Crippen molar-refractivity contribution in [2.75, 3.05) is 13.1 Å². The van der Waals surface area contributed by atoms with Gasteiger partial charge in [-0.05, 0) is 24.8 Å². The van der Waals surface area contributed by atoms with E-state index in [-0.39, 0.29) is 0 Å². The lowest BCUT2D eigenvalue weighted by atomic mass is 10.1. The summed E-state index contributed by atoms with van der Waals surface area (Å²) in [5.74, 6) is 2.55. The zero-order valence-corrected chi connectivity index (χ0v) is 10.5. The lowest BCUT2D eigenvalue weighted by Crippen LogP contribution is -2.17. The molecule has 0 bridgehead atoms. The van der Waals surface area contributed by atoms with Crippen molar-refractivity contribution < 1.29 is 4.42 Å². The molecule has 0 aromatic carbocycles. The van der Waals surface area contributed by atoms with Crippen LogP contribution in [-0.2, 0) is 6.42 Å². The monoisotopic (exact) mass is 222 g/mol. The van der Waals surface area contributed by atoms with Crippen LogP contribution in [0.1, 0.15) is 51.2 Å². The Morgan fingerprint density at radius 3 is 2.88 bits per heavy atom. The van der Waals surface area contributed by atoms with E-state index in [1.54, 1.807) is 0 Å². The van der Waals surface area contributed by atoms with Crippen molar-refractivity contribution in [3.05, 3.63) is 17.8 Å². The fourth-order valence-electron chi connectivity index (χ4n) is 2.05. The predicted molar refractivity (Wildman–Crippen MR) is 64.5 cm³/mol. The summed E-state index contributed by atoms with van der Waals surface area (Å²) in [6.07, 6.45) is 5.21. The van der Waals surface area contributed by atoms with Gasteiger partial charge in [0.15, 0.2) is 5.89 Å². The van der Waals surface area contributed by atoms with Gasteiger partial charge in [-0.15, -0.1) is 0 Å². The molecular weight excluding hydrogens is 200 g/mol. The minimum atomic E-state index is 0.428. The van der Waals surface area contributed by atoms with Crippen molar-refractivity contribution in [3.8, 4) is 0 Å². The topological polar surface area (TPSA) is 38.1 Å². The molecule has 0 aliphatic heterocycles. The van der Waals surface area contributed by atoms with Gasteiger partial charge in [-0.3, -0.25) is 0 Å². The Kier molecular flexibility index (Phi) is 3.33. The predicted octanol–water partition coefficient (Wildman–Crippen LogP) is 2.73. The Labute approximate surface area is 97.6 Å². The van der Waals surface area contributed by atoms with E-state index in [1.807, 2.05) is 6.20 Å². The van der Waals surface area contributed by atoms with E-state index in [2.05, 4.69) is 31.1 Å². The van der Waals surface area contributed by atoms with Crippen LogP contribution in [0.25, 0.3) is 0 Å². The van der Waals surface area contributed by atoms with Gasteiger partial charge in [0.1, 0.15) is 5.76 Å². The minimum absolute atomic E-state index is 0.428. The maximum atomic E-state index is 5.77. The molecule has 0 saturated heterocycles. The summed E-state index contributed by atoms with van der Waals surface area (Å²) in [7, 11) is 0. The summed E-state index contributed by atoms with van der Waals surface area (Å²) < 4.78 is 5.77. The van der Waals surface area contributed by atoms with Crippen molar-refractivity contribution in [1.29, 1.82) is 0 Å². The molecule has 1 N–H and O–H groups in total. The second-order valence-electron chi connectivity index (χ2n) is 5.40. The van der Waals surface area contributed by atoms with E-state index in [0.717, 1.165) is 31.2 Å². The normalized spacial score (nSPS) is 22.3. The Hall–Kier alpha value is -0.830. The van der Waals surface area contributed by atoms with E-state index >= 15 is 0 Å². The van der Waals surface area contributed by atoms with Gasteiger partial charge in [-0.25, -0.2) is 4.98 Å². The summed E-state index contributed by atoms with van der Waals surface area (Å²) in [6, 6.07) is 0. The molecular formula is C13H22N2O. The quantitative estimate of drug-likeness (QED) is 0.752. The minimum Gasteiger partial charge on any atom is -0.445 e. The molecule has 1 fully saturated rings.